The summed E-state index contributed by atoms with van der Waals surface area (Å²) in [7, 11) is 0. The Morgan fingerprint density at radius 1 is 0.907 bits per heavy atom. The molecule has 0 spiro atoms. The first-order chi connectivity index (χ1) is 20.4. The fraction of sp³-hybridized carbons (Fsp3) is 0.457. The lowest BCUT2D eigenvalue weighted by atomic mass is 9.98. The minimum Gasteiger partial charge on any atom is -0.508 e. The predicted octanol–water partition coefficient (Wildman–Crippen LogP) is 7.57. The van der Waals surface area contributed by atoms with E-state index in [-0.39, 0.29) is 18.2 Å². The smallest absolute Gasteiger partial charge is 0.408 e. The second kappa shape index (κ2) is 15.4. The molecular formula is C35H47N3O5. The average molecular weight is 590 g/mol. The van der Waals surface area contributed by atoms with E-state index >= 15 is 0 Å². The average Bonchev–Trinajstić information content (AvgIpc) is 2.93. The maximum absolute atomic E-state index is 14.4. The number of aromatic hydroxyl groups is 1. The summed E-state index contributed by atoms with van der Waals surface area (Å²) in [6.07, 6.45) is 3.18. The number of para-hydroxylation sites is 1. The maximum atomic E-state index is 14.4. The van der Waals surface area contributed by atoms with Gasteiger partial charge in [-0.1, -0.05) is 88.6 Å². The van der Waals surface area contributed by atoms with Crippen molar-refractivity contribution in [1.29, 1.82) is 0 Å². The third-order valence-corrected chi connectivity index (χ3v) is 7.04. The number of nitrogens with one attached hydrogen (secondary N) is 2. The van der Waals surface area contributed by atoms with Crippen molar-refractivity contribution in [2.45, 2.75) is 91.3 Å². The number of phenolic OH excluding ortho intramolecular Hbond substituents is 1. The van der Waals surface area contributed by atoms with Gasteiger partial charge in [0.2, 0.25) is 5.91 Å². The number of fused-ring (bicyclic) bond motifs is 1. The van der Waals surface area contributed by atoms with Gasteiger partial charge in [-0.2, -0.15) is 0 Å². The number of ether oxygens (including phenoxy) is 1. The summed E-state index contributed by atoms with van der Waals surface area (Å²) >= 11 is 0. The van der Waals surface area contributed by atoms with Crippen LogP contribution in [0, 0.1) is 5.92 Å². The Bertz CT molecular complexity index is 1380. The number of carbonyl (C=O) groups excluding carboxylic acids is 3. The number of hydrogen-bond donors (Lipinski definition) is 3. The molecule has 0 bridgehead atoms. The van der Waals surface area contributed by atoms with Crippen molar-refractivity contribution in [3.05, 3.63) is 72.3 Å². The van der Waals surface area contributed by atoms with Crippen LogP contribution in [-0.4, -0.2) is 46.1 Å². The summed E-state index contributed by atoms with van der Waals surface area (Å²) in [6.45, 7) is 11.6. The molecule has 8 nitrogen and oxygen atoms in total. The van der Waals surface area contributed by atoms with Crippen molar-refractivity contribution >= 4 is 34.4 Å². The van der Waals surface area contributed by atoms with Crippen LogP contribution in [0.1, 0.15) is 85.3 Å². The molecule has 2 atom stereocenters. The first kappa shape index (κ1) is 33.4. The Labute approximate surface area is 255 Å². The van der Waals surface area contributed by atoms with E-state index in [9.17, 15) is 19.5 Å². The van der Waals surface area contributed by atoms with Crippen molar-refractivity contribution < 1.29 is 24.2 Å². The van der Waals surface area contributed by atoms with Gasteiger partial charge in [-0.05, 0) is 68.5 Å². The van der Waals surface area contributed by atoms with Gasteiger partial charge < -0.3 is 25.4 Å². The number of unbranched alkanes of at least 4 members (excludes halogenated alkanes) is 3. The fourth-order valence-corrected chi connectivity index (χ4v) is 5.07. The van der Waals surface area contributed by atoms with Crippen molar-refractivity contribution in [3.8, 4) is 5.75 Å². The zero-order valence-corrected chi connectivity index (χ0v) is 26.4. The first-order valence-corrected chi connectivity index (χ1v) is 15.3. The topological polar surface area (TPSA) is 108 Å². The van der Waals surface area contributed by atoms with E-state index in [0.29, 0.717) is 24.1 Å². The second-order valence-electron chi connectivity index (χ2n) is 12.4. The van der Waals surface area contributed by atoms with E-state index < -0.39 is 35.6 Å². The van der Waals surface area contributed by atoms with Gasteiger partial charge in [0, 0.05) is 17.8 Å². The number of alkyl carbamates (subject to hydrolysis) is 1. The van der Waals surface area contributed by atoms with Crippen LogP contribution in [0.2, 0.25) is 0 Å². The SMILES string of the molecule is CCCCCCN(C(=O)C(CC(C)C)NC(=O)OC(C)(C)C)C(C(=O)Nc1ccc2ccccc2c1)c1ccccc1O. The molecule has 2 unspecified atom stereocenters. The molecule has 0 aliphatic rings. The van der Waals surface area contributed by atoms with Crippen LogP contribution in [0.15, 0.2) is 66.7 Å². The van der Waals surface area contributed by atoms with Gasteiger partial charge in [0.15, 0.2) is 0 Å². The molecule has 0 fully saturated rings. The third-order valence-electron chi connectivity index (χ3n) is 7.04. The quantitative estimate of drug-likeness (QED) is 0.178. The molecular weight excluding hydrogens is 542 g/mol. The van der Waals surface area contributed by atoms with Crippen LogP contribution in [0.3, 0.4) is 0 Å². The Hall–Kier alpha value is -4.07. The van der Waals surface area contributed by atoms with Crippen LogP contribution in [0.25, 0.3) is 10.8 Å². The highest BCUT2D eigenvalue weighted by atomic mass is 16.6. The van der Waals surface area contributed by atoms with Gasteiger partial charge in [-0.3, -0.25) is 9.59 Å². The molecule has 3 amide bonds. The lowest BCUT2D eigenvalue weighted by Gasteiger charge is -2.35. The lowest BCUT2D eigenvalue weighted by molar-refractivity contribution is -0.141. The van der Waals surface area contributed by atoms with Gasteiger partial charge in [-0.15, -0.1) is 0 Å². The normalized spacial score (nSPS) is 12.9. The molecule has 8 heteroatoms. The minimum absolute atomic E-state index is 0.0702. The summed E-state index contributed by atoms with van der Waals surface area (Å²) in [4.78, 5) is 42.9. The number of carbonyl (C=O) groups is 3. The molecule has 0 radical (unpaired) electrons. The molecule has 0 saturated heterocycles. The molecule has 232 valence electrons. The standard InChI is InChI=1S/C35H47N3O5/c1-7-8-9-14-21-38(33(41)29(22-24(2)3)37-34(42)43-35(4,5)6)31(28-17-12-13-18-30(28)39)32(40)36-27-20-19-25-15-10-11-16-26(25)23-27/h10-13,15-20,23-24,29,31,39H,7-9,14,21-22H2,1-6H3,(H,36,40)(H,37,42). The molecule has 0 aliphatic heterocycles. The zero-order chi connectivity index (χ0) is 31.6. The van der Waals surface area contributed by atoms with Gasteiger partial charge in [0.25, 0.3) is 5.91 Å². The molecule has 0 saturated carbocycles. The molecule has 0 aromatic heterocycles. The van der Waals surface area contributed by atoms with Gasteiger partial charge >= 0.3 is 6.09 Å². The van der Waals surface area contributed by atoms with Gasteiger partial charge in [-0.25, -0.2) is 4.79 Å². The monoisotopic (exact) mass is 589 g/mol. The van der Waals surface area contributed by atoms with E-state index in [4.69, 9.17) is 4.74 Å². The van der Waals surface area contributed by atoms with Crippen molar-refractivity contribution in [3.63, 3.8) is 0 Å². The summed E-state index contributed by atoms with van der Waals surface area (Å²) in [5.74, 6) is -0.881. The third kappa shape index (κ3) is 10.0. The number of phenols is 1. The minimum atomic E-state index is -1.14. The highest BCUT2D eigenvalue weighted by Crippen LogP contribution is 2.32. The zero-order valence-electron chi connectivity index (χ0n) is 26.4. The van der Waals surface area contributed by atoms with Gasteiger partial charge in [0.1, 0.15) is 23.4 Å². The van der Waals surface area contributed by atoms with E-state index in [1.165, 1.54) is 11.0 Å². The van der Waals surface area contributed by atoms with E-state index in [2.05, 4.69) is 17.6 Å². The van der Waals surface area contributed by atoms with Gasteiger partial charge in [0.05, 0.1) is 0 Å². The van der Waals surface area contributed by atoms with Crippen LogP contribution in [0.4, 0.5) is 10.5 Å². The second-order valence-corrected chi connectivity index (χ2v) is 12.4. The molecule has 0 heterocycles. The van der Waals surface area contributed by atoms with E-state index in [0.717, 1.165) is 30.0 Å². The van der Waals surface area contributed by atoms with Crippen molar-refractivity contribution in [2.24, 2.45) is 5.92 Å². The Morgan fingerprint density at radius 3 is 2.23 bits per heavy atom. The van der Waals surface area contributed by atoms with Crippen LogP contribution in [0.5, 0.6) is 5.75 Å². The lowest BCUT2D eigenvalue weighted by Crippen LogP contribution is -2.53. The van der Waals surface area contributed by atoms with E-state index in [1.54, 1.807) is 39.0 Å². The molecule has 3 N–H and O–H groups in total. The number of amides is 3. The predicted molar refractivity (Wildman–Crippen MR) is 172 cm³/mol. The van der Waals surface area contributed by atoms with Crippen molar-refractivity contribution in [2.75, 3.05) is 11.9 Å². The molecule has 3 rings (SSSR count). The maximum Gasteiger partial charge on any atom is 0.408 e. The molecule has 3 aromatic carbocycles. The Balaban J connectivity index is 2.04. The number of benzene rings is 3. The highest BCUT2D eigenvalue weighted by Gasteiger charge is 2.37. The number of nitrogens with zero attached hydrogens (tertiary/aromatic N) is 1. The van der Waals surface area contributed by atoms with Crippen molar-refractivity contribution in [1.82, 2.24) is 10.2 Å². The Kier molecular flexibility index (Phi) is 12.0. The van der Waals surface area contributed by atoms with Crippen LogP contribution in [-0.2, 0) is 14.3 Å². The number of rotatable bonds is 13. The number of hydrogen-bond acceptors (Lipinski definition) is 5. The molecule has 0 aliphatic carbocycles. The first-order valence-electron chi connectivity index (χ1n) is 15.3. The largest absolute Gasteiger partial charge is 0.508 e. The highest BCUT2D eigenvalue weighted by molar-refractivity contribution is 6.00. The Morgan fingerprint density at radius 2 is 1.58 bits per heavy atom. The van der Waals surface area contributed by atoms with E-state index in [1.807, 2.05) is 56.3 Å². The number of anilines is 1. The van der Waals surface area contributed by atoms with Crippen LogP contribution < -0.4 is 10.6 Å². The fourth-order valence-electron chi connectivity index (χ4n) is 5.07. The summed E-state index contributed by atoms with van der Waals surface area (Å²) < 4.78 is 5.48. The molecule has 43 heavy (non-hydrogen) atoms. The summed E-state index contributed by atoms with van der Waals surface area (Å²) in [5, 5.41) is 18.7. The summed E-state index contributed by atoms with van der Waals surface area (Å²) in [6, 6.07) is 18.0. The molecule has 3 aromatic rings. The van der Waals surface area contributed by atoms with Crippen LogP contribution >= 0.6 is 0 Å². The summed E-state index contributed by atoms with van der Waals surface area (Å²) in [5.41, 5.74) is 0.145.